The number of rotatable bonds is 4. The number of nitrogens with zero attached hydrogens (tertiary/aromatic N) is 1. The molecule has 1 aromatic rings. The predicted octanol–water partition coefficient (Wildman–Crippen LogP) is 2.71. The Balaban J connectivity index is 2.69. The average molecular weight is 287 g/mol. The number of alkyl halides is 1. The fourth-order valence-electron chi connectivity index (χ4n) is 1.07. The highest BCUT2D eigenvalue weighted by Crippen LogP contribution is 2.16. The van der Waals surface area contributed by atoms with Gasteiger partial charge in [-0.1, -0.05) is 22.9 Å². The van der Waals surface area contributed by atoms with Crippen molar-refractivity contribution in [1.29, 1.82) is 0 Å². The number of amides is 1. The van der Waals surface area contributed by atoms with Crippen LogP contribution in [0.4, 0.5) is 11.4 Å². The minimum Gasteiger partial charge on any atom is -0.325 e. The molecule has 0 saturated heterocycles. The van der Waals surface area contributed by atoms with Gasteiger partial charge in [0.05, 0.1) is 9.75 Å². The maximum Gasteiger partial charge on any atom is 0.269 e. The van der Waals surface area contributed by atoms with Gasteiger partial charge in [-0.15, -0.1) is 0 Å². The van der Waals surface area contributed by atoms with Crippen molar-refractivity contribution < 1.29 is 9.72 Å². The van der Waals surface area contributed by atoms with Crippen LogP contribution in [0.25, 0.3) is 0 Å². The van der Waals surface area contributed by atoms with Crippen molar-refractivity contribution in [2.24, 2.45) is 0 Å². The number of non-ortho nitro benzene ring substituents is 1. The molecule has 0 fully saturated rings. The van der Waals surface area contributed by atoms with Crippen molar-refractivity contribution in [1.82, 2.24) is 0 Å². The normalized spacial score (nSPS) is 11.9. The van der Waals surface area contributed by atoms with Crippen molar-refractivity contribution in [3.63, 3.8) is 0 Å². The molecule has 1 amide bonds. The van der Waals surface area contributed by atoms with Crippen molar-refractivity contribution in [3.05, 3.63) is 34.4 Å². The molecule has 0 aliphatic heterocycles. The fourth-order valence-corrected chi connectivity index (χ4v) is 1.19. The number of nitrogens with one attached hydrogen (secondary N) is 1. The number of anilines is 1. The molecule has 1 unspecified atom stereocenters. The topological polar surface area (TPSA) is 72.2 Å². The lowest BCUT2D eigenvalue weighted by Gasteiger charge is -2.08. The maximum atomic E-state index is 11.5. The van der Waals surface area contributed by atoms with Crippen LogP contribution >= 0.6 is 15.9 Å². The summed E-state index contributed by atoms with van der Waals surface area (Å²) in [6, 6.07) is 5.71. The Morgan fingerprint density at radius 1 is 1.50 bits per heavy atom. The highest BCUT2D eigenvalue weighted by molar-refractivity contribution is 9.10. The maximum absolute atomic E-state index is 11.5. The van der Waals surface area contributed by atoms with Crippen LogP contribution in [-0.4, -0.2) is 15.7 Å². The molecule has 1 atom stereocenters. The number of carbonyl (C=O) groups is 1. The molecule has 0 aliphatic rings. The summed E-state index contributed by atoms with van der Waals surface area (Å²) in [5, 5.41) is 13.1. The van der Waals surface area contributed by atoms with Crippen LogP contribution in [0.1, 0.15) is 13.3 Å². The van der Waals surface area contributed by atoms with E-state index in [1.807, 2.05) is 6.92 Å². The van der Waals surface area contributed by atoms with E-state index in [-0.39, 0.29) is 16.4 Å². The van der Waals surface area contributed by atoms with E-state index in [0.717, 1.165) is 0 Å². The first-order valence-corrected chi connectivity index (χ1v) is 5.65. The van der Waals surface area contributed by atoms with E-state index in [2.05, 4.69) is 21.2 Å². The molecule has 0 saturated carbocycles. The number of hydrogen-bond acceptors (Lipinski definition) is 3. The van der Waals surface area contributed by atoms with E-state index in [9.17, 15) is 14.9 Å². The lowest BCUT2D eigenvalue weighted by molar-refractivity contribution is -0.384. The van der Waals surface area contributed by atoms with E-state index in [1.165, 1.54) is 24.3 Å². The third kappa shape index (κ3) is 3.30. The highest BCUT2D eigenvalue weighted by Gasteiger charge is 2.12. The minimum absolute atomic E-state index is 0.00360. The number of hydrogen-bond donors (Lipinski definition) is 1. The SMILES string of the molecule is CCC(Br)C(=O)Nc1ccc([N+](=O)[O-])cc1. The Hall–Kier alpha value is -1.43. The Morgan fingerprint density at radius 3 is 2.50 bits per heavy atom. The van der Waals surface area contributed by atoms with Crippen LogP contribution in [0, 0.1) is 10.1 Å². The quantitative estimate of drug-likeness (QED) is 0.525. The first-order valence-electron chi connectivity index (χ1n) is 4.74. The van der Waals surface area contributed by atoms with E-state index < -0.39 is 4.92 Å². The molecule has 0 bridgehead atoms. The lowest BCUT2D eigenvalue weighted by atomic mass is 10.2. The van der Waals surface area contributed by atoms with Gasteiger partial charge in [-0.25, -0.2) is 0 Å². The van der Waals surface area contributed by atoms with E-state index >= 15 is 0 Å². The zero-order valence-corrected chi connectivity index (χ0v) is 10.2. The molecule has 0 aliphatic carbocycles. The monoisotopic (exact) mass is 286 g/mol. The largest absolute Gasteiger partial charge is 0.325 e. The van der Waals surface area contributed by atoms with Gasteiger partial charge >= 0.3 is 0 Å². The Morgan fingerprint density at radius 2 is 2.06 bits per heavy atom. The minimum atomic E-state index is -0.481. The third-order valence-corrected chi connectivity index (χ3v) is 3.05. The first-order chi connectivity index (χ1) is 7.54. The summed E-state index contributed by atoms with van der Waals surface area (Å²) in [7, 11) is 0. The third-order valence-electron chi connectivity index (χ3n) is 1.99. The number of nitro groups is 1. The van der Waals surface area contributed by atoms with Crippen molar-refractivity contribution in [3.8, 4) is 0 Å². The number of halogens is 1. The van der Waals surface area contributed by atoms with Gasteiger partial charge in [0.2, 0.25) is 5.91 Å². The number of nitro benzene ring substituents is 1. The second-order valence-electron chi connectivity index (χ2n) is 3.17. The molecule has 1 aromatic carbocycles. The average Bonchev–Trinajstić information content (AvgIpc) is 2.28. The van der Waals surface area contributed by atoms with E-state index in [0.29, 0.717) is 12.1 Å². The van der Waals surface area contributed by atoms with Crippen molar-refractivity contribution in [2.75, 3.05) is 5.32 Å². The second kappa shape index (κ2) is 5.60. The van der Waals surface area contributed by atoms with Gasteiger partial charge in [-0.3, -0.25) is 14.9 Å². The summed E-state index contributed by atoms with van der Waals surface area (Å²) in [5.41, 5.74) is 0.553. The van der Waals surface area contributed by atoms with Crippen LogP contribution in [-0.2, 0) is 4.79 Å². The summed E-state index contributed by atoms with van der Waals surface area (Å²) >= 11 is 3.22. The first kappa shape index (κ1) is 12.6. The van der Waals surface area contributed by atoms with Crippen LogP contribution in [0.2, 0.25) is 0 Å². The Kier molecular flexibility index (Phi) is 4.42. The Labute approximate surface area is 101 Å². The molecule has 1 rings (SSSR count). The number of benzene rings is 1. The predicted molar refractivity (Wildman–Crippen MR) is 64.7 cm³/mol. The van der Waals surface area contributed by atoms with Crippen LogP contribution in [0.15, 0.2) is 24.3 Å². The lowest BCUT2D eigenvalue weighted by Crippen LogP contribution is -2.21. The summed E-state index contributed by atoms with van der Waals surface area (Å²) in [6.45, 7) is 1.88. The van der Waals surface area contributed by atoms with Crippen molar-refractivity contribution in [2.45, 2.75) is 18.2 Å². The van der Waals surface area contributed by atoms with E-state index in [4.69, 9.17) is 0 Å². The van der Waals surface area contributed by atoms with Gasteiger partial charge in [-0.2, -0.15) is 0 Å². The van der Waals surface area contributed by atoms with Crippen LogP contribution in [0.5, 0.6) is 0 Å². The zero-order chi connectivity index (χ0) is 12.1. The summed E-state index contributed by atoms with van der Waals surface area (Å²) < 4.78 is 0. The zero-order valence-electron chi connectivity index (χ0n) is 8.64. The van der Waals surface area contributed by atoms with Gasteiger partial charge in [0.25, 0.3) is 5.69 Å². The highest BCUT2D eigenvalue weighted by atomic mass is 79.9. The van der Waals surface area contributed by atoms with Gasteiger partial charge in [0.1, 0.15) is 0 Å². The molecular weight excluding hydrogens is 276 g/mol. The second-order valence-corrected chi connectivity index (χ2v) is 4.27. The van der Waals surface area contributed by atoms with Crippen LogP contribution < -0.4 is 5.32 Å². The van der Waals surface area contributed by atoms with Gasteiger partial charge in [0.15, 0.2) is 0 Å². The molecule has 5 nitrogen and oxygen atoms in total. The smallest absolute Gasteiger partial charge is 0.269 e. The van der Waals surface area contributed by atoms with Gasteiger partial charge in [0, 0.05) is 17.8 Å². The molecule has 0 spiro atoms. The van der Waals surface area contributed by atoms with Gasteiger partial charge < -0.3 is 5.32 Å². The molecule has 16 heavy (non-hydrogen) atoms. The van der Waals surface area contributed by atoms with Crippen LogP contribution in [0.3, 0.4) is 0 Å². The molecule has 86 valence electrons. The summed E-state index contributed by atoms with van der Waals surface area (Å²) in [6.07, 6.45) is 0.679. The molecule has 6 heteroatoms. The molecule has 0 heterocycles. The van der Waals surface area contributed by atoms with Gasteiger partial charge in [-0.05, 0) is 18.6 Å². The number of carbonyl (C=O) groups excluding carboxylic acids is 1. The fraction of sp³-hybridized carbons (Fsp3) is 0.300. The standard InChI is InChI=1S/C10H11BrN2O3/c1-2-9(11)10(14)12-7-3-5-8(6-4-7)13(15)16/h3-6,9H,2H2,1H3,(H,12,14). The van der Waals surface area contributed by atoms with E-state index in [1.54, 1.807) is 0 Å². The molecule has 0 aromatic heterocycles. The molecular formula is C10H11BrN2O3. The van der Waals surface area contributed by atoms with Crippen molar-refractivity contribution >= 4 is 33.2 Å². The summed E-state index contributed by atoms with van der Waals surface area (Å²) in [5.74, 6) is -0.156. The Bertz CT molecular complexity index is 392. The molecule has 0 radical (unpaired) electrons. The molecule has 1 N–H and O–H groups in total. The summed E-state index contributed by atoms with van der Waals surface area (Å²) in [4.78, 5) is 21.1.